The van der Waals surface area contributed by atoms with Gasteiger partial charge in [-0.3, -0.25) is 4.79 Å². The van der Waals surface area contributed by atoms with E-state index in [2.05, 4.69) is 23.9 Å². The molecule has 0 aliphatic heterocycles. The van der Waals surface area contributed by atoms with Crippen LogP contribution in [-0.4, -0.2) is 62.3 Å². The van der Waals surface area contributed by atoms with E-state index in [0.717, 1.165) is 6.42 Å². The lowest BCUT2D eigenvalue weighted by molar-refractivity contribution is -0.136. The summed E-state index contributed by atoms with van der Waals surface area (Å²) in [6.45, 7) is 6.78. The van der Waals surface area contributed by atoms with E-state index in [1.807, 2.05) is 6.92 Å². The van der Waals surface area contributed by atoms with Gasteiger partial charge in [-0.25, -0.2) is 14.3 Å². The van der Waals surface area contributed by atoms with Gasteiger partial charge in [0.05, 0.1) is 12.3 Å². The highest BCUT2D eigenvalue weighted by molar-refractivity contribution is 5.97. The van der Waals surface area contributed by atoms with Crippen molar-refractivity contribution in [1.29, 1.82) is 0 Å². The van der Waals surface area contributed by atoms with Crippen molar-refractivity contribution < 1.29 is 19.4 Å². The quantitative estimate of drug-likeness (QED) is 0.885. The highest BCUT2D eigenvalue weighted by atomic mass is 16.5. The van der Waals surface area contributed by atoms with Crippen LogP contribution in [0.5, 0.6) is 0 Å². The van der Waals surface area contributed by atoms with Crippen molar-refractivity contribution in [2.75, 3.05) is 13.7 Å². The number of nitrogens with zero attached hydrogens (tertiary/aromatic N) is 4. The predicted octanol–water partition coefficient (Wildman–Crippen LogP) is 1.70. The molecule has 8 heteroatoms. The number of carbonyl (C=O) groups excluding carboxylic acids is 1. The number of ether oxygens (including phenoxy) is 1. The van der Waals surface area contributed by atoms with Crippen LogP contribution in [0.4, 0.5) is 0 Å². The Hall–Kier alpha value is -2.48. The fourth-order valence-corrected chi connectivity index (χ4v) is 3.53. The molecule has 2 atom stereocenters. The first kappa shape index (κ1) is 17.3. The average molecular weight is 346 g/mol. The number of carboxylic acids is 1. The summed E-state index contributed by atoms with van der Waals surface area (Å²) in [5, 5.41) is 13.2. The van der Waals surface area contributed by atoms with Crippen LogP contribution in [0.15, 0.2) is 18.5 Å². The molecule has 0 spiro atoms. The first-order valence-corrected chi connectivity index (χ1v) is 8.23. The molecule has 1 saturated carbocycles. The zero-order chi connectivity index (χ0) is 18.4. The molecule has 2 aromatic rings. The molecule has 1 aliphatic carbocycles. The Morgan fingerprint density at radius 2 is 2.20 bits per heavy atom. The Labute approximate surface area is 145 Å². The van der Waals surface area contributed by atoms with Crippen LogP contribution < -0.4 is 0 Å². The Kier molecular flexibility index (Phi) is 4.24. The van der Waals surface area contributed by atoms with Crippen molar-refractivity contribution >= 4 is 17.5 Å². The third-order valence-electron chi connectivity index (χ3n) is 5.13. The summed E-state index contributed by atoms with van der Waals surface area (Å²) in [4.78, 5) is 29.9. The van der Waals surface area contributed by atoms with Crippen LogP contribution in [0.3, 0.4) is 0 Å². The smallest absolute Gasteiger partial charge is 0.341 e. The van der Waals surface area contributed by atoms with Crippen molar-refractivity contribution in [3.05, 3.63) is 29.7 Å². The molecule has 1 N–H and O–H groups in total. The van der Waals surface area contributed by atoms with Crippen molar-refractivity contribution in [1.82, 2.24) is 19.5 Å². The molecule has 0 aromatic carbocycles. The second-order valence-corrected chi connectivity index (χ2v) is 6.86. The second-order valence-electron chi connectivity index (χ2n) is 6.86. The third-order valence-corrected chi connectivity index (χ3v) is 5.13. The summed E-state index contributed by atoms with van der Waals surface area (Å²) < 4.78 is 7.01. The van der Waals surface area contributed by atoms with Gasteiger partial charge in [-0.1, -0.05) is 13.8 Å². The zero-order valence-corrected chi connectivity index (χ0v) is 14.8. The molecule has 8 nitrogen and oxygen atoms in total. The maximum Gasteiger partial charge on any atom is 0.341 e. The van der Waals surface area contributed by atoms with Crippen LogP contribution in [0.1, 0.15) is 48.0 Å². The van der Waals surface area contributed by atoms with Gasteiger partial charge in [-0.15, -0.1) is 0 Å². The standard InChI is InChI=1S/C17H22N4O4/c1-5-25-13-8-12(17(13,2)3)20(4)15(22)11-6-7-18-14-10(16(23)24)9-19-21(11)14/h6-7,9,12-13H,5,8H2,1-4H3,(H,23,24)/t12-,13-/m0/s1. The SMILES string of the molecule is CCO[C@H]1C[C@H](N(C)C(=O)c2ccnc3c(C(=O)O)cnn23)C1(C)C. The summed E-state index contributed by atoms with van der Waals surface area (Å²) in [5.41, 5.74) is 0.267. The van der Waals surface area contributed by atoms with Gasteiger partial charge in [0, 0.05) is 31.3 Å². The van der Waals surface area contributed by atoms with Gasteiger partial charge in [0.15, 0.2) is 5.65 Å². The van der Waals surface area contributed by atoms with Crippen molar-refractivity contribution in [3.8, 4) is 0 Å². The third kappa shape index (κ3) is 2.66. The summed E-state index contributed by atoms with van der Waals surface area (Å²) in [5.74, 6) is -1.35. The molecule has 1 fully saturated rings. The number of hydrogen-bond acceptors (Lipinski definition) is 5. The molecule has 134 valence electrons. The second kappa shape index (κ2) is 6.11. The molecule has 2 aromatic heterocycles. The van der Waals surface area contributed by atoms with Gasteiger partial charge in [-0.2, -0.15) is 5.10 Å². The van der Waals surface area contributed by atoms with Gasteiger partial charge in [-0.05, 0) is 19.4 Å². The summed E-state index contributed by atoms with van der Waals surface area (Å²) in [6, 6.07) is 1.59. The van der Waals surface area contributed by atoms with E-state index in [-0.39, 0.29) is 40.4 Å². The molecule has 1 aliphatic rings. The lowest BCUT2D eigenvalue weighted by Crippen LogP contribution is -2.62. The minimum atomic E-state index is -1.12. The van der Waals surface area contributed by atoms with E-state index in [0.29, 0.717) is 6.61 Å². The molecule has 0 unspecified atom stereocenters. The van der Waals surface area contributed by atoms with Gasteiger partial charge in [0.2, 0.25) is 0 Å². The minimum absolute atomic E-state index is 0.0299. The van der Waals surface area contributed by atoms with Crippen LogP contribution in [0.25, 0.3) is 5.65 Å². The Balaban J connectivity index is 1.89. The number of amides is 1. The molecular formula is C17H22N4O4. The van der Waals surface area contributed by atoms with Gasteiger partial charge < -0.3 is 14.7 Å². The fraction of sp³-hybridized carbons (Fsp3) is 0.529. The normalized spacial score (nSPS) is 21.8. The first-order chi connectivity index (χ1) is 11.8. The number of aromatic carboxylic acids is 1. The Morgan fingerprint density at radius 3 is 2.80 bits per heavy atom. The zero-order valence-electron chi connectivity index (χ0n) is 14.8. The summed E-state index contributed by atoms with van der Waals surface area (Å²) >= 11 is 0. The number of fused-ring (bicyclic) bond motifs is 1. The molecular weight excluding hydrogens is 324 g/mol. The van der Waals surface area contributed by atoms with Gasteiger partial charge in [0.25, 0.3) is 5.91 Å². The van der Waals surface area contributed by atoms with Crippen LogP contribution in [0.2, 0.25) is 0 Å². The topological polar surface area (TPSA) is 97.0 Å². The number of hydrogen-bond donors (Lipinski definition) is 1. The van der Waals surface area contributed by atoms with Crippen molar-refractivity contribution in [2.24, 2.45) is 5.41 Å². The van der Waals surface area contributed by atoms with E-state index in [9.17, 15) is 14.7 Å². The highest BCUT2D eigenvalue weighted by Gasteiger charge is 2.52. The monoisotopic (exact) mass is 346 g/mol. The van der Waals surface area contributed by atoms with E-state index in [1.54, 1.807) is 18.0 Å². The van der Waals surface area contributed by atoms with E-state index in [4.69, 9.17) is 4.74 Å². The molecule has 0 radical (unpaired) electrons. The number of carboxylic acid groups (broad SMARTS) is 1. The lowest BCUT2D eigenvalue weighted by Gasteiger charge is -2.54. The Bertz CT molecular complexity index is 829. The number of aromatic nitrogens is 3. The van der Waals surface area contributed by atoms with Crippen LogP contribution >= 0.6 is 0 Å². The van der Waals surface area contributed by atoms with Gasteiger partial charge >= 0.3 is 5.97 Å². The van der Waals surface area contributed by atoms with Crippen molar-refractivity contribution in [2.45, 2.75) is 39.3 Å². The maximum atomic E-state index is 13.0. The average Bonchev–Trinajstić information content (AvgIpc) is 3.01. The van der Waals surface area contributed by atoms with Crippen LogP contribution in [0, 0.1) is 5.41 Å². The molecule has 0 bridgehead atoms. The van der Waals surface area contributed by atoms with E-state index in [1.165, 1.54) is 16.9 Å². The highest BCUT2D eigenvalue weighted by Crippen LogP contribution is 2.45. The summed E-state index contributed by atoms with van der Waals surface area (Å²) in [7, 11) is 1.75. The van der Waals surface area contributed by atoms with E-state index >= 15 is 0 Å². The molecule has 2 heterocycles. The first-order valence-electron chi connectivity index (χ1n) is 8.23. The number of carbonyl (C=O) groups is 2. The van der Waals surface area contributed by atoms with Gasteiger partial charge in [0.1, 0.15) is 11.3 Å². The van der Waals surface area contributed by atoms with E-state index < -0.39 is 5.97 Å². The van der Waals surface area contributed by atoms with Crippen molar-refractivity contribution in [3.63, 3.8) is 0 Å². The predicted molar refractivity (Wildman–Crippen MR) is 89.6 cm³/mol. The molecule has 0 saturated heterocycles. The molecule has 3 rings (SSSR count). The maximum absolute atomic E-state index is 13.0. The van der Waals surface area contributed by atoms with Crippen LogP contribution in [-0.2, 0) is 4.74 Å². The minimum Gasteiger partial charge on any atom is -0.477 e. The fourth-order valence-electron chi connectivity index (χ4n) is 3.53. The lowest BCUT2D eigenvalue weighted by atomic mass is 9.63. The largest absolute Gasteiger partial charge is 0.477 e. The number of rotatable bonds is 5. The summed E-state index contributed by atoms with van der Waals surface area (Å²) in [6.07, 6.45) is 3.54. The molecule has 25 heavy (non-hydrogen) atoms. The molecule has 1 amide bonds. The Morgan fingerprint density at radius 1 is 1.48 bits per heavy atom.